The molecule has 1 saturated carbocycles. The quantitative estimate of drug-likeness (QED) is 0.382. The predicted octanol–water partition coefficient (Wildman–Crippen LogP) is 1.46. The largest absolute Gasteiger partial charge is 0.469 e. The van der Waals surface area contributed by atoms with Crippen LogP contribution in [0.5, 0.6) is 0 Å². The summed E-state index contributed by atoms with van der Waals surface area (Å²) >= 11 is 0. The van der Waals surface area contributed by atoms with Gasteiger partial charge >= 0.3 is 0 Å². The summed E-state index contributed by atoms with van der Waals surface area (Å²) in [4.78, 5) is 25.7. The SMILES string of the molecule is Cn1ccnc(N2CCN(C(=NCCc3ccco3)NC3CC3)CC2)c1=O.I. The highest BCUT2D eigenvalue weighted by molar-refractivity contribution is 14.0. The second kappa shape index (κ2) is 9.44. The number of halogens is 1. The lowest BCUT2D eigenvalue weighted by Gasteiger charge is -2.37. The number of guanidine groups is 1. The van der Waals surface area contributed by atoms with Gasteiger partial charge in [-0.25, -0.2) is 4.98 Å². The number of nitrogens with zero attached hydrogens (tertiary/aromatic N) is 5. The minimum Gasteiger partial charge on any atom is -0.469 e. The van der Waals surface area contributed by atoms with Crippen LogP contribution in [0, 0.1) is 0 Å². The molecule has 2 aromatic rings. The predicted molar refractivity (Wildman–Crippen MR) is 120 cm³/mol. The first kappa shape index (κ1) is 20.7. The van der Waals surface area contributed by atoms with Gasteiger partial charge in [-0.05, 0) is 25.0 Å². The van der Waals surface area contributed by atoms with E-state index < -0.39 is 0 Å². The molecular weight excluding hydrogens is 471 g/mol. The molecule has 9 heteroatoms. The number of aliphatic imine (C=N–C) groups is 1. The van der Waals surface area contributed by atoms with Crippen molar-refractivity contribution in [2.24, 2.45) is 12.0 Å². The Hall–Kier alpha value is -2.04. The van der Waals surface area contributed by atoms with Gasteiger partial charge in [0.15, 0.2) is 11.8 Å². The summed E-state index contributed by atoms with van der Waals surface area (Å²) in [6, 6.07) is 4.44. The van der Waals surface area contributed by atoms with Gasteiger partial charge in [0.2, 0.25) is 0 Å². The number of piperazine rings is 1. The molecule has 0 bridgehead atoms. The number of aryl methyl sites for hydroxylation is 1. The maximum Gasteiger partial charge on any atom is 0.293 e. The molecule has 0 amide bonds. The Balaban J connectivity index is 0.00000225. The molecule has 1 aliphatic heterocycles. The minimum atomic E-state index is -0.0469. The molecule has 8 nitrogen and oxygen atoms in total. The Morgan fingerprint density at radius 2 is 2.11 bits per heavy atom. The lowest BCUT2D eigenvalue weighted by Crippen LogP contribution is -2.54. The fraction of sp³-hybridized carbons (Fsp3) is 0.526. The van der Waals surface area contributed by atoms with Crippen LogP contribution in [0.2, 0.25) is 0 Å². The Kier molecular flexibility index (Phi) is 6.97. The Labute approximate surface area is 181 Å². The topological polar surface area (TPSA) is 78.9 Å². The van der Waals surface area contributed by atoms with Gasteiger partial charge in [-0.1, -0.05) is 0 Å². The average molecular weight is 498 g/mol. The summed E-state index contributed by atoms with van der Waals surface area (Å²) in [5, 5.41) is 3.56. The summed E-state index contributed by atoms with van der Waals surface area (Å²) in [7, 11) is 1.76. The van der Waals surface area contributed by atoms with E-state index in [9.17, 15) is 4.79 Å². The van der Waals surface area contributed by atoms with Crippen LogP contribution in [0.4, 0.5) is 5.82 Å². The van der Waals surface area contributed by atoms with E-state index in [1.807, 2.05) is 12.1 Å². The highest BCUT2D eigenvalue weighted by atomic mass is 127. The Morgan fingerprint density at radius 1 is 1.32 bits per heavy atom. The first-order chi connectivity index (χ1) is 13.2. The van der Waals surface area contributed by atoms with Crippen LogP contribution in [-0.4, -0.2) is 59.2 Å². The fourth-order valence-electron chi connectivity index (χ4n) is 3.21. The molecule has 1 saturated heterocycles. The fourth-order valence-corrected chi connectivity index (χ4v) is 3.21. The normalized spacial score (nSPS) is 17.4. The number of rotatable bonds is 5. The monoisotopic (exact) mass is 498 g/mol. The molecular formula is C19H27IN6O2. The number of furan rings is 1. The van der Waals surface area contributed by atoms with E-state index in [1.165, 1.54) is 12.8 Å². The molecule has 4 rings (SSSR count). The molecule has 3 heterocycles. The number of hydrogen-bond donors (Lipinski definition) is 1. The van der Waals surface area contributed by atoms with Crippen LogP contribution in [0.1, 0.15) is 18.6 Å². The minimum absolute atomic E-state index is 0. The maximum atomic E-state index is 12.3. The van der Waals surface area contributed by atoms with Gasteiger partial charge in [-0.15, -0.1) is 24.0 Å². The van der Waals surface area contributed by atoms with Crippen molar-refractivity contribution in [3.63, 3.8) is 0 Å². The van der Waals surface area contributed by atoms with Gasteiger partial charge in [0.05, 0.1) is 6.26 Å². The first-order valence-electron chi connectivity index (χ1n) is 9.55. The van der Waals surface area contributed by atoms with E-state index in [1.54, 1.807) is 30.3 Å². The molecule has 0 spiro atoms. The Bertz CT molecular complexity index is 838. The van der Waals surface area contributed by atoms with Gasteiger partial charge in [0.25, 0.3) is 5.56 Å². The van der Waals surface area contributed by atoms with Crippen molar-refractivity contribution < 1.29 is 4.42 Å². The maximum absolute atomic E-state index is 12.3. The second-order valence-electron chi connectivity index (χ2n) is 7.09. The van der Waals surface area contributed by atoms with E-state index in [0.29, 0.717) is 18.4 Å². The summed E-state index contributed by atoms with van der Waals surface area (Å²) < 4.78 is 6.96. The molecule has 28 heavy (non-hydrogen) atoms. The molecule has 0 unspecified atom stereocenters. The van der Waals surface area contributed by atoms with Gasteiger partial charge in [0.1, 0.15) is 5.76 Å². The van der Waals surface area contributed by atoms with Crippen LogP contribution in [0.15, 0.2) is 45.0 Å². The van der Waals surface area contributed by atoms with Crippen LogP contribution >= 0.6 is 24.0 Å². The molecule has 0 radical (unpaired) electrons. The van der Waals surface area contributed by atoms with E-state index in [2.05, 4.69) is 20.1 Å². The smallest absolute Gasteiger partial charge is 0.293 e. The molecule has 0 aromatic carbocycles. The van der Waals surface area contributed by atoms with Gasteiger partial charge in [-0.3, -0.25) is 9.79 Å². The van der Waals surface area contributed by atoms with Crippen molar-refractivity contribution in [2.75, 3.05) is 37.6 Å². The Morgan fingerprint density at radius 3 is 2.79 bits per heavy atom. The molecule has 1 aliphatic carbocycles. The lowest BCUT2D eigenvalue weighted by atomic mass is 10.3. The molecule has 152 valence electrons. The number of nitrogens with one attached hydrogen (secondary N) is 1. The second-order valence-corrected chi connectivity index (χ2v) is 7.09. The van der Waals surface area contributed by atoms with Crippen molar-refractivity contribution in [1.29, 1.82) is 0 Å². The van der Waals surface area contributed by atoms with Crippen molar-refractivity contribution in [3.05, 3.63) is 46.9 Å². The van der Waals surface area contributed by atoms with Crippen molar-refractivity contribution in [2.45, 2.75) is 25.3 Å². The van der Waals surface area contributed by atoms with E-state index in [4.69, 9.17) is 9.41 Å². The highest BCUT2D eigenvalue weighted by Gasteiger charge is 2.27. The first-order valence-corrected chi connectivity index (χ1v) is 9.55. The van der Waals surface area contributed by atoms with Crippen molar-refractivity contribution >= 4 is 35.8 Å². The molecule has 2 aliphatic rings. The van der Waals surface area contributed by atoms with Gasteiger partial charge in [0, 0.05) is 64.6 Å². The van der Waals surface area contributed by atoms with Crippen LogP contribution in [0.3, 0.4) is 0 Å². The van der Waals surface area contributed by atoms with E-state index >= 15 is 0 Å². The summed E-state index contributed by atoms with van der Waals surface area (Å²) in [5.41, 5.74) is -0.0469. The van der Waals surface area contributed by atoms with Gasteiger partial charge < -0.3 is 24.1 Å². The third kappa shape index (κ3) is 5.06. The number of hydrogen-bond acceptors (Lipinski definition) is 5. The zero-order valence-electron chi connectivity index (χ0n) is 16.1. The van der Waals surface area contributed by atoms with Crippen LogP contribution in [0.25, 0.3) is 0 Å². The third-order valence-corrected chi connectivity index (χ3v) is 4.99. The highest BCUT2D eigenvalue weighted by Crippen LogP contribution is 2.19. The summed E-state index contributed by atoms with van der Waals surface area (Å²) in [6.45, 7) is 3.85. The standard InChI is InChI=1S/C19H26N6O2.HI/c1-23-9-8-20-17(18(23)26)24-10-12-25(13-11-24)19(22-15-4-5-15)21-7-6-16-3-2-14-27-16;/h2-3,8-9,14-15H,4-7,10-13H2,1H3,(H,21,22);1H. The average Bonchev–Trinajstić information content (AvgIpc) is 3.35. The summed E-state index contributed by atoms with van der Waals surface area (Å²) in [5.74, 6) is 2.46. The van der Waals surface area contributed by atoms with Crippen molar-refractivity contribution in [3.8, 4) is 0 Å². The van der Waals surface area contributed by atoms with E-state index in [-0.39, 0.29) is 29.5 Å². The number of anilines is 1. The molecule has 1 N–H and O–H groups in total. The zero-order valence-corrected chi connectivity index (χ0v) is 18.4. The van der Waals surface area contributed by atoms with Crippen molar-refractivity contribution in [1.82, 2.24) is 19.8 Å². The van der Waals surface area contributed by atoms with Gasteiger partial charge in [-0.2, -0.15) is 0 Å². The zero-order chi connectivity index (χ0) is 18.6. The molecule has 0 atom stereocenters. The van der Waals surface area contributed by atoms with E-state index in [0.717, 1.165) is 44.3 Å². The number of aromatic nitrogens is 2. The third-order valence-electron chi connectivity index (χ3n) is 4.99. The molecule has 2 fully saturated rings. The lowest BCUT2D eigenvalue weighted by molar-refractivity contribution is 0.369. The van der Waals surface area contributed by atoms with Crippen LogP contribution in [-0.2, 0) is 13.5 Å². The summed E-state index contributed by atoms with van der Waals surface area (Å²) in [6.07, 6.45) is 8.28. The van der Waals surface area contributed by atoms with Crippen LogP contribution < -0.4 is 15.8 Å². The molecule has 2 aromatic heterocycles.